The fraction of sp³-hybridized carbons (Fsp3) is 0.304. The minimum Gasteiger partial charge on any atom is -0.489 e. The molecule has 0 aliphatic carbocycles. The molecule has 1 heterocycles. The van der Waals surface area contributed by atoms with E-state index in [0.29, 0.717) is 16.9 Å². The predicted molar refractivity (Wildman–Crippen MR) is 122 cm³/mol. The molecule has 0 aliphatic heterocycles. The van der Waals surface area contributed by atoms with Crippen LogP contribution in [0.15, 0.2) is 46.9 Å². The minimum absolute atomic E-state index is 0.0490. The number of halogens is 2. The Morgan fingerprint density at radius 1 is 1.19 bits per heavy atom. The molecule has 0 saturated heterocycles. The lowest BCUT2D eigenvalue weighted by Crippen LogP contribution is -2.14. The fourth-order valence-corrected chi connectivity index (χ4v) is 3.73. The van der Waals surface area contributed by atoms with Gasteiger partial charge in [-0.15, -0.1) is 0 Å². The SMILES string of the molecule is CCOC(=O)c1c(Br)c(Nc2c(C)ccc(OCc3ccccc3)c2C)nn1CCF. The van der Waals surface area contributed by atoms with Crippen LogP contribution in [0, 0.1) is 13.8 Å². The van der Waals surface area contributed by atoms with Gasteiger partial charge in [-0.25, -0.2) is 9.18 Å². The normalized spacial score (nSPS) is 10.7. The maximum Gasteiger partial charge on any atom is 0.357 e. The van der Waals surface area contributed by atoms with Crippen molar-refractivity contribution in [3.05, 3.63) is 69.3 Å². The number of alkyl halides is 1. The van der Waals surface area contributed by atoms with Crippen molar-refractivity contribution in [3.63, 3.8) is 0 Å². The molecule has 0 radical (unpaired) electrons. The molecule has 0 unspecified atom stereocenters. The van der Waals surface area contributed by atoms with E-state index in [1.807, 2.05) is 56.3 Å². The number of hydrogen-bond acceptors (Lipinski definition) is 5. The highest BCUT2D eigenvalue weighted by Gasteiger charge is 2.24. The molecule has 0 saturated carbocycles. The van der Waals surface area contributed by atoms with E-state index in [9.17, 15) is 9.18 Å². The van der Waals surface area contributed by atoms with Crippen LogP contribution in [0.5, 0.6) is 5.75 Å². The Labute approximate surface area is 189 Å². The van der Waals surface area contributed by atoms with Gasteiger partial charge in [-0.2, -0.15) is 5.10 Å². The second-order valence-corrected chi connectivity index (χ2v) is 7.72. The summed E-state index contributed by atoms with van der Waals surface area (Å²) in [6.45, 7) is 5.60. The summed E-state index contributed by atoms with van der Waals surface area (Å²) in [6.07, 6.45) is 0. The van der Waals surface area contributed by atoms with Gasteiger partial charge in [0.05, 0.1) is 17.6 Å². The third-order valence-electron chi connectivity index (χ3n) is 4.76. The van der Waals surface area contributed by atoms with Crippen molar-refractivity contribution in [2.75, 3.05) is 18.6 Å². The Kier molecular flexibility index (Phi) is 7.68. The molecule has 6 nitrogen and oxygen atoms in total. The first-order chi connectivity index (χ1) is 15.0. The smallest absolute Gasteiger partial charge is 0.357 e. The van der Waals surface area contributed by atoms with Crippen LogP contribution in [0.2, 0.25) is 0 Å². The van der Waals surface area contributed by atoms with Crippen molar-refractivity contribution in [3.8, 4) is 5.75 Å². The maximum atomic E-state index is 13.0. The number of aryl methyl sites for hydroxylation is 2. The van der Waals surface area contributed by atoms with E-state index >= 15 is 0 Å². The van der Waals surface area contributed by atoms with E-state index in [0.717, 1.165) is 28.1 Å². The molecule has 2 aromatic carbocycles. The number of anilines is 2. The largest absolute Gasteiger partial charge is 0.489 e. The first kappa shape index (κ1) is 22.8. The zero-order valence-corrected chi connectivity index (χ0v) is 19.3. The Morgan fingerprint density at radius 3 is 2.61 bits per heavy atom. The minimum atomic E-state index is -0.652. The second kappa shape index (κ2) is 10.4. The van der Waals surface area contributed by atoms with Crippen molar-refractivity contribution >= 4 is 33.4 Å². The molecule has 1 N–H and O–H groups in total. The summed E-state index contributed by atoms with van der Waals surface area (Å²) in [5, 5.41) is 7.66. The lowest BCUT2D eigenvalue weighted by atomic mass is 10.1. The molecule has 0 spiro atoms. The molecule has 8 heteroatoms. The number of carbonyl (C=O) groups excluding carboxylic acids is 1. The summed E-state index contributed by atoms with van der Waals surface area (Å²) in [7, 11) is 0. The van der Waals surface area contributed by atoms with Crippen LogP contribution in [0.1, 0.15) is 34.1 Å². The first-order valence-corrected chi connectivity index (χ1v) is 10.8. The van der Waals surface area contributed by atoms with Crippen LogP contribution in [0.4, 0.5) is 15.9 Å². The molecule has 164 valence electrons. The molecule has 3 aromatic rings. The van der Waals surface area contributed by atoms with Crippen molar-refractivity contribution in [1.29, 1.82) is 0 Å². The molecule has 0 atom stereocenters. The van der Waals surface area contributed by atoms with Gasteiger partial charge >= 0.3 is 5.97 Å². The highest BCUT2D eigenvalue weighted by atomic mass is 79.9. The van der Waals surface area contributed by atoms with E-state index < -0.39 is 12.6 Å². The molecular weight excluding hydrogens is 465 g/mol. The number of aromatic nitrogens is 2. The van der Waals surface area contributed by atoms with Gasteiger partial charge in [0.25, 0.3) is 0 Å². The van der Waals surface area contributed by atoms with E-state index in [4.69, 9.17) is 9.47 Å². The number of rotatable bonds is 9. The van der Waals surface area contributed by atoms with Crippen LogP contribution in [-0.4, -0.2) is 29.0 Å². The quantitative estimate of drug-likeness (QED) is 0.388. The van der Waals surface area contributed by atoms with Crippen molar-refractivity contribution in [2.24, 2.45) is 0 Å². The average molecular weight is 490 g/mol. The molecular formula is C23H25BrFN3O3. The van der Waals surface area contributed by atoms with Gasteiger partial charge in [-0.05, 0) is 53.9 Å². The van der Waals surface area contributed by atoms with E-state index in [1.54, 1.807) is 6.92 Å². The highest BCUT2D eigenvalue weighted by Crippen LogP contribution is 2.35. The van der Waals surface area contributed by atoms with Gasteiger partial charge in [-0.1, -0.05) is 36.4 Å². The zero-order valence-electron chi connectivity index (χ0n) is 17.7. The summed E-state index contributed by atoms with van der Waals surface area (Å²) in [6, 6.07) is 13.8. The van der Waals surface area contributed by atoms with Gasteiger partial charge in [0.15, 0.2) is 11.5 Å². The number of esters is 1. The van der Waals surface area contributed by atoms with Crippen molar-refractivity contribution < 1.29 is 18.7 Å². The molecule has 0 bridgehead atoms. The molecule has 0 aliphatic rings. The zero-order chi connectivity index (χ0) is 22.4. The summed E-state index contributed by atoms with van der Waals surface area (Å²) in [4.78, 5) is 12.4. The van der Waals surface area contributed by atoms with Gasteiger partial charge < -0.3 is 14.8 Å². The van der Waals surface area contributed by atoms with Crippen molar-refractivity contribution in [1.82, 2.24) is 9.78 Å². The summed E-state index contributed by atoms with van der Waals surface area (Å²) in [5.74, 6) is 0.585. The Balaban J connectivity index is 1.90. The maximum absolute atomic E-state index is 13.0. The summed E-state index contributed by atoms with van der Waals surface area (Å²) in [5.41, 5.74) is 3.94. The number of nitrogens with one attached hydrogen (secondary N) is 1. The van der Waals surface area contributed by atoms with E-state index in [1.165, 1.54) is 4.68 Å². The monoisotopic (exact) mass is 489 g/mol. The Bertz CT molecular complexity index is 1050. The number of nitrogens with zero attached hydrogens (tertiary/aromatic N) is 2. The number of ether oxygens (including phenoxy) is 2. The molecule has 0 amide bonds. The summed E-state index contributed by atoms with van der Waals surface area (Å²) >= 11 is 3.43. The number of carbonyl (C=O) groups is 1. The van der Waals surface area contributed by atoms with Crippen LogP contribution in [0.3, 0.4) is 0 Å². The lowest BCUT2D eigenvalue weighted by Gasteiger charge is -2.16. The van der Waals surface area contributed by atoms with Crippen LogP contribution >= 0.6 is 15.9 Å². The standard InChI is InChI=1S/C23H25BrFN3O3/c1-4-30-23(29)21-19(24)22(27-28(21)13-12-25)26-20-15(2)10-11-18(16(20)3)31-14-17-8-6-5-7-9-17/h5-11H,4,12-14H2,1-3H3,(H,26,27). The van der Waals surface area contributed by atoms with Crippen molar-refractivity contribution in [2.45, 2.75) is 33.9 Å². The molecule has 1 aromatic heterocycles. The first-order valence-electron chi connectivity index (χ1n) is 9.99. The Morgan fingerprint density at radius 2 is 1.94 bits per heavy atom. The average Bonchev–Trinajstić information content (AvgIpc) is 3.06. The van der Waals surface area contributed by atoms with Crippen LogP contribution in [0.25, 0.3) is 0 Å². The topological polar surface area (TPSA) is 65.4 Å². The van der Waals surface area contributed by atoms with Gasteiger partial charge in [0.1, 0.15) is 19.0 Å². The van der Waals surface area contributed by atoms with Crippen LogP contribution in [-0.2, 0) is 17.9 Å². The molecule has 31 heavy (non-hydrogen) atoms. The van der Waals surface area contributed by atoms with Gasteiger partial charge in [0, 0.05) is 11.3 Å². The fourth-order valence-electron chi connectivity index (χ4n) is 3.19. The van der Waals surface area contributed by atoms with E-state index in [-0.39, 0.29) is 18.8 Å². The predicted octanol–water partition coefficient (Wildman–Crippen LogP) is 5.73. The number of hydrogen-bond donors (Lipinski definition) is 1. The second-order valence-electron chi connectivity index (χ2n) is 6.92. The van der Waals surface area contributed by atoms with Gasteiger partial charge in [-0.3, -0.25) is 4.68 Å². The van der Waals surface area contributed by atoms with Crippen LogP contribution < -0.4 is 10.1 Å². The third-order valence-corrected chi connectivity index (χ3v) is 5.52. The Hall–Kier alpha value is -2.87. The lowest BCUT2D eigenvalue weighted by molar-refractivity contribution is 0.0510. The number of benzene rings is 2. The highest BCUT2D eigenvalue weighted by molar-refractivity contribution is 9.10. The molecule has 3 rings (SSSR count). The van der Waals surface area contributed by atoms with Gasteiger partial charge in [0.2, 0.25) is 0 Å². The third kappa shape index (κ3) is 5.25. The summed E-state index contributed by atoms with van der Waals surface area (Å²) < 4.78 is 25.9. The molecule has 0 fully saturated rings. The van der Waals surface area contributed by atoms with E-state index in [2.05, 4.69) is 26.3 Å².